The average Bonchev–Trinajstić information content (AvgIpc) is 2.03. The van der Waals surface area contributed by atoms with Gasteiger partial charge in [-0.3, -0.25) is 0 Å². The van der Waals surface area contributed by atoms with E-state index in [2.05, 4.69) is 6.92 Å². The summed E-state index contributed by atoms with van der Waals surface area (Å²) < 4.78 is 5.12. The molecule has 0 saturated heterocycles. The highest BCUT2D eigenvalue weighted by atomic mass is 16.5. The van der Waals surface area contributed by atoms with Crippen molar-refractivity contribution < 1.29 is 9.84 Å². The predicted molar refractivity (Wildman–Crippen MR) is 46.6 cm³/mol. The summed E-state index contributed by atoms with van der Waals surface area (Å²) in [5.74, 6) is 0.426. The topological polar surface area (TPSA) is 29.5 Å². The van der Waals surface area contributed by atoms with Crippen LogP contribution in [0, 0.1) is 5.92 Å². The molecular weight excluding hydrogens is 140 g/mol. The first kappa shape index (κ1) is 10.9. The molecule has 0 aromatic heterocycles. The maximum absolute atomic E-state index is 8.95. The van der Waals surface area contributed by atoms with Gasteiger partial charge in [0.05, 0.1) is 6.10 Å². The van der Waals surface area contributed by atoms with E-state index >= 15 is 0 Å². The lowest BCUT2D eigenvalue weighted by atomic mass is 9.98. The Morgan fingerprint density at radius 2 is 2.09 bits per heavy atom. The number of methoxy groups -OCH3 is 1. The summed E-state index contributed by atoms with van der Waals surface area (Å²) in [6.45, 7) is 4.47. The van der Waals surface area contributed by atoms with E-state index in [1.165, 1.54) is 0 Å². The van der Waals surface area contributed by atoms with Gasteiger partial charge in [-0.2, -0.15) is 0 Å². The molecule has 0 saturated carbocycles. The van der Waals surface area contributed by atoms with Gasteiger partial charge in [0, 0.05) is 13.7 Å². The van der Waals surface area contributed by atoms with Crippen LogP contribution in [0.4, 0.5) is 0 Å². The maximum atomic E-state index is 8.95. The van der Waals surface area contributed by atoms with Crippen LogP contribution in [0.25, 0.3) is 0 Å². The minimum atomic E-state index is 0.277. The van der Waals surface area contributed by atoms with Gasteiger partial charge in [0.1, 0.15) is 0 Å². The first-order valence-corrected chi connectivity index (χ1v) is 4.38. The van der Waals surface area contributed by atoms with Crippen LogP contribution >= 0.6 is 0 Å². The summed E-state index contributed by atoms with van der Waals surface area (Å²) >= 11 is 0. The Bertz CT molecular complexity index is 83.6. The SMILES string of the molecule is CCCC(CO)CC(C)OC. The Balaban J connectivity index is 3.49. The predicted octanol–water partition coefficient (Wildman–Crippen LogP) is 1.82. The minimum Gasteiger partial charge on any atom is -0.396 e. The summed E-state index contributed by atoms with van der Waals surface area (Å²) in [6.07, 6.45) is 3.49. The molecule has 0 fully saturated rings. The Labute approximate surface area is 69.6 Å². The lowest BCUT2D eigenvalue weighted by Crippen LogP contribution is -2.15. The van der Waals surface area contributed by atoms with Crippen LogP contribution in [-0.2, 0) is 4.74 Å². The second kappa shape index (κ2) is 6.62. The standard InChI is InChI=1S/C9H20O2/c1-4-5-9(7-10)6-8(2)11-3/h8-10H,4-7H2,1-3H3. The van der Waals surface area contributed by atoms with Crippen LogP contribution in [0.2, 0.25) is 0 Å². The fourth-order valence-electron chi connectivity index (χ4n) is 1.26. The molecule has 2 atom stereocenters. The third kappa shape index (κ3) is 5.22. The Hall–Kier alpha value is -0.0800. The van der Waals surface area contributed by atoms with Crippen molar-refractivity contribution in [1.29, 1.82) is 0 Å². The summed E-state index contributed by atoms with van der Waals surface area (Å²) in [6, 6.07) is 0. The molecule has 0 aromatic rings. The number of aliphatic hydroxyl groups is 1. The highest BCUT2D eigenvalue weighted by molar-refractivity contribution is 4.61. The van der Waals surface area contributed by atoms with Crippen molar-refractivity contribution in [2.75, 3.05) is 13.7 Å². The highest BCUT2D eigenvalue weighted by Crippen LogP contribution is 2.13. The number of hydrogen-bond donors (Lipinski definition) is 1. The molecule has 2 unspecified atom stereocenters. The molecule has 68 valence electrons. The molecule has 0 aliphatic heterocycles. The molecule has 0 aliphatic rings. The lowest BCUT2D eigenvalue weighted by molar-refractivity contribution is 0.0782. The summed E-state index contributed by atoms with van der Waals surface area (Å²) in [5.41, 5.74) is 0. The zero-order valence-electron chi connectivity index (χ0n) is 7.84. The van der Waals surface area contributed by atoms with Crippen LogP contribution < -0.4 is 0 Å². The number of aliphatic hydroxyl groups excluding tert-OH is 1. The number of hydrogen-bond acceptors (Lipinski definition) is 2. The van der Waals surface area contributed by atoms with Crippen LogP contribution in [0.1, 0.15) is 33.1 Å². The van der Waals surface area contributed by atoms with Gasteiger partial charge in [0.2, 0.25) is 0 Å². The van der Waals surface area contributed by atoms with E-state index in [9.17, 15) is 0 Å². The molecule has 2 heteroatoms. The van der Waals surface area contributed by atoms with Gasteiger partial charge in [0.25, 0.3) is 0 Å². The fraction of sp³-hybridized carbons (Fsp3) is 1.00. The fourth-order valence-corrected chi connectivity index (χ4v) is 1.26. The lowest BCUT2D eigenvalue weighted by Gasteiger charge is -2.16. The van der Waals surface area contributed by atoms with Gasteiger partial charge in [0.15, 0.2) is 0 Å². The Morgan fingerprint density at radius 1 is 1.45 bits per heavy atom. The minimum absolute atomic E-state index is 0.277. The Kier molecular flexibility index (Phi) is 6.57. The smallest absolute Gasteiger partial charge is 0.0546 e. The zero-order valence-corrected chi connectivity index (χ0v) is 7.84. The molecule has 2 nitrogen and oxygen atoms in total. The zero-order chi connectivity index (χ0) is 8.69. The van der Waals surface area contributed by atoms with E-state index in [0.29, 0.717) is 12.5 Å². The summed E-state index contributed by atoms with van der Waals surface area (Å²) in [4.78, 5) is 0. The van der Waals surface area contributed by atoms with Gasteiger partial charge >= 0.3 is 0 Å². The van der Waals surface area contributed by atoms with Crippen molar-refractivity contribution >= 4 is 0 Å². The maximum Gasteiger partial charge on any atom is 0.0546 e. The van der Waals surface area contributed by atoms with Gasteiger partial charge in [-0.05, 0) is 25.7 Å². The summed E-state index contributed by atoms with van der Waals surface area (Å²) in [7, 11) is 1.71. The molecular formula is C9H20O2. The van der Waals surface area contributed by atoms with E-state index < -0.39 is 0 Å². The van der Waals surface area contributed by atoms with Gasteiger partial charge in [-0.25, -0.2) is 0 Å². The second-order valence-corrected chi connectivity index (χ2v) is 3.12. The molecule has 0 amide bonds. The molecule has 0 aromatic carbocycles. The van der Waals surface area contributed by atoms with Gasteiger partial charge < -0.3 is 9.84 Å². The molecule has 1 N–H and O–H groups in total. The molecule has 0 heterocycles. The third-order valence-electron chi connectivity index (χ3n) is 2.02. The molecule has 0 aliphatic carbocycles. The van der Waals surface area contributed by atoms with Crippen LogP contribution in [0.5, 0.6) is 0 Å². The normalized spacial score (nSPS) is 16.4. The highest BCUT2D eigenvalue weighted by Gasteiger charge is 2.10. The number of rotatable bonds is 6. The van der Waals surface area contributed by atoms with Crippen LogP contribution in [0.15, 0.2) is 0 Å². The van der Waals surface area contributed by atoms with Crippen LogP contribution in [-0.4, -0.2) is 24.9 Å². The van der Waals surface area contributed by atoms with Crippen molar-refractivity contribution in [3.05, 3.63) is 0 Å². The van der Waals surface area contributed by atoms with E-state index in [4.69, 9.17) is 9.84 Å². The largest absolute Gasteiger partial charge is 0.396 e. The van der Waals surface area contributed by atoms with Crippen molar-refractivity contribution in [2.45, 2.75) is 39.2 Å². The third-order valence-corrected chi connectivity index (χ3v) is 2.02. The number of ether oxygens (including phenoxy) is 1. The van der Waals surface area contributed by atoms with Crippen LogP contribution in [0.3, 0.4) is 0 Å². The first-order chi connectivity index (χ1) is 5.24. The average molecular weight is 160 g/mol. The van der Waals surface area contributed by atoms with Crippen molar-refractivity contribution in [3.63, 3.8) is 0 Å². The molecule has 0 rings (SSSR count). The van der Waals surface area contributed by atoms with Crippen molar-refractivity contribution in [1.82, 2.24) is 0 Å². The quantitative estimate of drug-likeness (QED) is 0.642. The molecule has 11 heavy (non-hydrogen) atoms. The van der Waals surface area contributed by atoms with Gasteiger partial charge in [-0.1, -0.05) is 13.3 Å². The van der Waals surface area contributed by atoms with E-state index in [1.807, 2.05) is 6.92 Å². The van der Waals surface area contributed by atoms with Gasteiger partial charge in [-0.15, -0.1) is 0 Å². The van der Waals surface area contributed by atoms with E-state index in [-0.39, 0.29) is 6.10 Å². The monoisotopic (exact) mass is 160 g/mol. The molecule has 0 bridgehead atoms. The second-order valence-electron chi connectivity index (χ2n) is 3.12. The van der Waals surface area contributed by atoms with Crippen molar-refractivity contribution in [2.24, 2.45) is 5.92 Å². The van der Waals surface area contributed by atoms with E-state index in [0.717, 1.165) is 19.3 Å². The summed E-state index contributed by atoms with van der Waals surface area (Å²) in [5, 5.41) is 8.95. The van der Waals surface area contributed by atoms with E-state index in [1.54, 1.807) is 7.11 Å². The first-order valence-electron chi connectivity index (χ1n) is 4.38. The van der Waals surface area contributed by atoms with Crippen molar-refractivity contribution in [3.8, 4) is 0 Å². The molecule has 0 radical (unpaired) electrons. The molecule has 0 spiro atoms. The Morgan fingerprint density at radius 3 is 2.45 bits per heavy atom.